The lowest BCUT2D eigenvalue weighted by Crippen LogP contribution is -2.44. The van der Waals surface area contributed by atoms with E-state index in [1.165, 1.54) is 18.9 Å². The van der Waals surface area contributed by atoms with E-state index >= 15 is 0 Å². The highest BCUT2D eigenvalue weighted by Gasteiger charge is 2.42. The van der Waals surface area contributed by atoms with Gasteiger partial charge in [0.05, 0.1) is 43.4 Å². The molecule has 1 saturated heterocycles. The number of thioether (sulfide) groups is 1. The number of carbonyl (C=O) groups is 3. The normalized spacial score (nSPS) is 21.6. The van der Waals surface area contributed by atoms with Crippen LogP contribution in [-0.4, -0.2) is 59.6 Å². The molecule has 8 nitrogen and oxygen atoms in total. The minimum atomic E-state index is -0.441. The number of aliphatic imine (C=N–C) groups is 1. The molecule has 0 spiro atoms. The van der Waals surface area contributed by atoms with Crippen LogP contribution in [-0.2, 0) is 23.9 Å². The van der Waals surface area contributed by atoms with E-state index in [1.54, 1.807) is 11.8 Å². The van der Waals surface area contributed by atoms with Crippen LogP contribution in [0.3, 0.4) is 0 Å². The minimum Gasteiger partial charge on any atom is -0.466 e. The molecule has 0 aromatic heterocycles. The molecule has 4 rings (SSSR count). The zero-order chi connectivity index (χ0) is 25.8. The molecule has 0 N–H and O–H groups in total. The number of carbonyl (C=O) groups excluding carboxylic acids is 3. The molecule has 9 heteroatoms. The molecule has 0 bridgehead atoms. The Labute approximate surface area is 216 Å². The maximum atomic E-state index is 13.4. The molecular formula is C27H33N3O5S. The van der Waals surface area contributed by atoms with Crippen molar-refractivity contribution in [2.45, 2.75) is 52.5 Å². The maximum Gasteiger partial charge on any atom is 0.338 e. The second kappa shape index (κ2) is 11.3. The van der Waals surface area contributed by atoms with Gasteiger partial charge in [0.25, 0.3) is 0 Å². The Kier molecular flexibility index (Phi) is 8.18. The Morgan fingerprint density at radius 2 is 1.92 bits per heavy atom. The molecule has 1 fully saturated rings. The molecule has 3 aliphatic rings. The van der Waals surface area contributed by atoms with E-state index in [2.05, 4.69) is 0 Å². The fourth-order valence-corrected chi connectivity index (χ4v) is 5.84. The highest BCUT2D eigenvalue weighted by atomic mass is 32.2. The van der Waals surface area contributed by atoms with Gasteiger partial charge in [-0.1, -0.05) is 48.5 Å². The largest absolute Gasteiger partial charge is 0.466 e. The number of likely N-dealkylation sites (tertiary alicyclic amines) is 1. The average Bonchev–Trinajstić information content (AvgIpc) is 3.29. The first-order valence-electron chi connectivity index (χ1n) is 12.4. The first-order chi connectivity index (χ1) is 17.4. The second-order valence-corrected chi connectivity index (χ2v) is 9.95. The van der Waals surface area contributed by atoms with Crippen molar-refractivity contribution >= 4 is 34.8 Å². The van der Waals surface area contributed by atoms with Crippen LogP contribution in [0.4, 0.5) is 0 Å². The second-order valence-electron chi connectivity index (χ2n) is 9.12. The minimum absolute atomic E-state index is 0.0513. The molecule has 1 aromatic carbocycles. The summed E-state index contributed by atoms with van der Waals surface area (Å²) in [6.07, 6.45) is 2.23. The predicted molar refractivity (Wildman–Crippen MR) is 139 cm³/mol. The standard InChI is InChI=1S/C27H33N3O5S/c1-5-21-23(26(33)34-4)24(18-11-9-17(3)10-12-18)30-20(16-36-27(30)28-21)14-22(31)29-13-7-8-19(15-29)25(32)35-6-2/h9-12,16,19,24H,5-8,13-15H2,1-4H3/t19-,24-/m0/s1. The first kappa shape index (κ1) is 26.0. The van der Waals surface area contributed by atoms with Gasteiger partial charge in [-0.25, -0.2) is 9.79 Å². The van der Waals surface area contributed by atoms with Gasteiger partial charge in [0.15, 0.2) is 5.17 Å². The Morgan fingerprint density at radius 1 is 1.17 bits per heavy atom. The molecule has 0 unspecified atom stereocenters. The lowest BCUT2D eigenvalue weighted by atomic mass is 9.92. The van der Waals surface area contributed by atoms with Crippen LogP contribution in [0, 0.1) is 12.8 Å². The first-order valence-corrected chi connectivity index (χ1v) is 13.3. The number of amidine groups is 1. The molecule has 3 heterocycles. The van der Waals surface area contributed by atoms with Gasteiger partial charge in [0.1, 0.15) is 0 Å². The fourth-order valence-electron chi connectivity index (χ4n) is 4.90. The molecule has 0 radical (unpaired) electrons. The number of allylic oxidation sites excluding steroid dienone is 1. The number of piperidine rings is 1. The fraction of sp³-hybridized carbons (Fsp3) is 0.481. The monoisotopic (exact) mass is 511 g/mol. The van der Waals surface area contributed by atoms with Crippen molar-refractivity contribution in [2.24, 2.45) is 10.9 Å². The molecule has 1 aromatic rings. The van der Waals surface area contributed by atoms with Crippen LogP contribution in [0.2, 0.25) is 0 Å². The number of aryl methyl sites for hydroxylation is 1. The SMILES string of the molecule is CCOC(=O)[C@H]1CCCN(C(=O)CC2=CSC3=NC(CC)=C(C(=O)OC)[C@H](c4ccc(C)cc4)N23)C1. The number of methoxy groups -OCH3 is 1. The summed E-state index contributed by atoms with van der Waals surface area (Å²) in [5.41, 5.74) is 4.02. The van der Waals surface area contributed by atoms with Gasteiger partial charge in [-0.3, -0.25) is 9.59 Å². The lowest BCUT2D eigenvalue weighted by Gasteiger charge is -2.37. The molecular weight excluding hydrogens is 478 g/mol. The summed E-state index contributed by atoms with van der Waals surface area (Å²) in [6.45, 7) is 7.10. The summed E-state index contributed by atoms with van der Waals surface area (Å²) in [7, 11) is 1.38. The van der Waals surface area contributed by atoms with Crippen LogP contribution < -0.4 is 0 Å². The van der Waals surface area contributed by atoms with Crippen LogP contribution in [0.15, 0.2) is 51.6 Å². The van der Waals surface area contributed by atoms with Crippen LogP contribution in [0.25, 0.3) is 0 Å². The summed E-state index contributed by atoms with van der Waals surface area (Å²) in [5, 5.41) is 2.69. The molecule has 192 valence electrons. The highest BCUT2D eigenvalue weighted by molar-refractivity contribution is 8.16. The summed E-state index contributed by atoms with van der Waals surface area (Å²) in [6, 6.07) is 7.61. The Balaban J connectivity index is 1.61. The van der Waals surface area contributed by atoms with Crippen molar-refractivity contribution in [3.05, 3.63) is 57.8 Å². The number of benzene rings is 1. The summed E-state index contributed by atoms with van der Waals surface area (Å²) in [4.78, 5) is 47.2. The number of ether oxygens (including phenoxy) is 2. The Hall–Kier alpha value is -3.07. The number of amides is 1. The van der Waals surface area contributed by atoms with Crippen molar-refractivity contribution < 1.29 is 23.9 Å². The van der Waals surface area contributed by atoms with Gasteiger partial charge in [-0.2, -0.15) is 0 Å². The number of nitrogens with zero attached hydrogens (tertiary/aromatic N) is 3. The third kappa shape index (κ3) is 5.21. The maximum absolute atomic E-state index is 13.4. The number of hydrogen-bond donors (Lipinski definition) is 0. The molecule has 3 aliphatic heterocycles. The van der Waals surface area contributed by atoms with Gasteiger partial charge in [0, 0.05) is 18.8 Å². The van der Waals surface area contributed by atoms with E-state index < -0.39 is 12.0 Å². The highest BCUT2D eigenvalue weighted by Crippen LogP contribution is 2.45. The van der Waals surface area contributed by atoms with E-state index in [0.29, 0.717) is 37.4 Å². The molecule has 36 heavy (non-hydrogen) atoms. The quantitative estimate of drug-likeness (QED) is 0.504. The predicted octanol–water partition coefficient (Wildman–Crippen LogP) is 4.32. The zero-order valence-corrected chi connectivity index (χ0v) is 22.1. The van der Waals surface area contributed by atoms with Gasteiger partial charge in [-0.15, -0.1) is 0 Å². The van der Waals surface area contributed by atoms with Gasteiger partial charge in [-0.05, 0) is 44.1 Å². The van der Waals surface area contributed by atoms with Gasteiger partial charge >= 0.3 is 11.9 Å². The van der Waals surface area contributed by atoms with Crippen LogP contribution >= 0.6 is 11.8 Å². The van der Waals surface area contributed by atoms with E-state index in [1.807, 2.05) is 48.4 Å². The summed E-state index contributed by atoms with van der Waals surface area (Å²) < 4.78 is 10.4. The lowest BCUT2D eigenvalue weighted by molar-refractivity contribution is -0.151. The Bertz CT molecular complexity index is 1120. The topological polar surface area (TPSA) is 88.5 Å². The Morgan fingerprint density at radius 3 is 2.58 bits per heavy atom. The number of rotatable bonds is 7. The zero-order valence-electron chi connectivity index (χ0n) is 21.3. The third-order valence-corrected chi connectivity index (χ3v) is 7.64. The number of fused-ring (bicyclic) bond motifs is 1. The van der Waals surface area contributed by atoms with Crippen molar-refractivity contribution in [3.8, 4) is 0 Å². The average molecular weight is 512 g/mol. The molecule has 0 aliphatic carbocycles. The van der Waals surface area contributed by atoms with E-state index in [9.17, 15) is 14.4 Å². The summed E-state index contributed by atoms with van der Waals surface area (Å²) in [5.74, 6) is -1.00. The van der Waals surface area contributed by atoms with Crippen molar-refractivity contribution in [1.82, 2.24) is 9.80 Å². The smallest absolute Gasteiger partial charge is 0.338 e. The van der Waals surface area contributed by atoms with Gasteiger partial charge in [0.2, 0.25) is 5.91 Å². The van der Waals surface area contributed by atoms with Crippen LogP contribution in [0.5, 0.6) is 0 Å². The van der Waals surface area contributed by atoms with E-state index in [4.69, 9.17) is 14.5 Å². The molecule has 0 saturated carbocycles. The van der Waals surface area contributed by atoms with E-state index in [-0.39, 0.29) is 24.2 Å². The molecule has 2 atom stereocenters. The molecule has 1 amide bonds. The third-order valence-electron chi connectivity index (χ3n) is 6.75. The van der Waals surface area contributed by atoms with Crippen molar-refractivity contribution in [3.63, 3.8) is 0 Å². The number of esters is 2. The van der Waals surface area contributed by atoms with Gasteiger partial charge < -0.3 is 19.3 Å². The van der Waals surface area contributed by atoms with Crippen molar-refractivity contribution in [1.29, 1.82) is 0 Å². The summed E-state index contributed by atoms with van der Waals surface area (Å²) >= 11 is 1.46. The van der Waals surface area contributed by atoms with Crippen LogP contribution in [0.1, 0.15) is 56.7 Å². The van der Waals surface area contributed by atoms with Crippen molar-refractivity contribution in [2.75, 3.05) is 26.8 Å². The number of hydrogen-bond acceptors (Lipinski definition) is 8. The van der Waals surface area contributed by atoms with E-state index in [0.717, 1.165) is 34.8 Å².